The highest BCUT2D eigenvalue weighted by Gasteiger charge is 2.32. The van der Waals surface area contributed by atoms with Crippen molar-refractivity contribution in [2.24, 2.45) is 18.4 Å². The van der Waals surface area contributed by atoms with E-state index in [0.717, 1.165) is 40.4 Å². The Balaban J connectivity index is 1.84. The van der Waals surface area contributed by atoms with Crippen LogP contribution in [-0.4, -0.2) is 24.9 Å². The Morgan fingerprint density at radius 1 is 1.25 bits per heavy atom. The van der Waals surface area contributed by atoms with E-state index in [0.29, 0.717) is 17.1 Å². The van der Waals surface area contributed by atoms with E-state index in [1.165, 1.54) is 29.7 Å². The average molecular weight is 419 g/mol. The summed E-state index contributed by atoms with van der Waals surface area (Å²) >= 11 is 3.55. The highest BCUT2D eigenvalue weighted by atomic mass is 32.2. The third kappa shape index (κ3) is 3.30. The van der Waals surface area contributed by atoms with Crippen LogP contribution in [0.5, 0.6) is 0 Å². The van der Waals surface area contributed by atoms with Crippen molar-refractivity contribution in [2.45, 2.75) is 71.4 Å². The van der Waals surface area contributed by atoms with Crippen LogP contribution in [0.25, 0.3) is 16.0 Å². The molecule has 0 aliphatic heterocycles. The molecule has 1 unspecified atom stereocenters. The molecule has 3 heterocycles. The first-order chi connectivity index (χ1) is 13.3. The van der Waals surface area contributed by atoms with Crippen LogP contribution in [0.2, 0.25) is 0 Å². The maximum absolute atomic E-state index is 13.1. The monoisotopic (exact) mass is 418 g/mol. The minimum atomic E-state index is 0.0733. The highest BCUT2D eigenvalue weighted by Crippen LogP contribution is 2.43. The van der Waals surface area contributed by atoms with Crippen molar-refractivity contribution in [3.8, 4) is 0 Å². The predicted molar refractivity (Wildman–Crippen MR) is 119 cm³/mol. The van der Waals surface area contributed by atoms with Gasteiger partial charge in [0.1, 0.15) is 4.83 Å². The van der Waals surface area contributed by atoms with Crippen LogP contribution < -0.4 is 5.56 Å². The van der Waals surface area contributed by atoms with E-state index in [2.05, 4.69) is 42.3 Å². The molecule has 0 saturated carbocycles. The molecule has 3 aromatic rings. The number of thioether (sulfide) groups is 1. The fourth-order valence-corrected chi connectivity index (χ4v) is 6.62. The topological polar surface area (TPSA) is 52.2 Å². The Morgan fingerprint density at radius 3 is 2.75 bits per heavy atom. The summed E-state index contributed by atoms with van der Waals surface area (Å²) in [5.41, 5.74) is 1.65. The molecule has 1 atom stereocenters. The Labute approximate surface area is 174 Å². The molecule has 0 saturated heterocycles. The van der Waals surface area contributed by atoms with Crippen LogP contribution in [0.15, 0.2) is 9.95 Å². The van der Waals surface area contributed by atoms with Crippen LogP contribution in [0.1, 0.15) is 63.8 Å². The maximum atomic E-state index is 13.1. The maximum Gasteiger partial charge on any atom is 0.263 e. The van der Waals surface area contributed by atoms with E-state index in [1.54, 1.807) is 27.7 Å². The quantitative estimate of drug-likeness (QED) is 0.428. The Hall–Kier alpha value is -1.34. The summed E-state index contributed by atoms with van der Waals surface area (Å²) in [5.74, 6) is 2.36. The summed E-state index contributed by atoms with van der Waals surface area (Å²) in [7, 11) is 1.82. The van der Waals surface area contributed by atoms with E-state index in [1.807, 2.05) is 7.05 Å². The number of nitrogens with zero attached hydrogens (tertiary/aromatic N) is 4. The van der Waals surface area contributed by atoms with Gasteiger partial charge < -0.3 is 0 Å². The molecule has 1 aliphatic carbocycles. The number of unbranched alkanes of at least 4 members (excludes halogenated alkanes) is 2. The van der Waals surface area contributed by atoms with E-state index in [9.17, 15) is 4.79 Å². The molecule has 1 aliphatic rings. The zero-order valence-electron chi connectivity index (χ0n) is 17.5. The molecule has 0 aromatic carbocycles. The van der Waals surface area contributed by atoms with Gasteiger partial charge in [-0.05, 0) is 42.6 Å². The van der Waals surface area contributed by atoms with Gasteiger partial charge in [0, 0.05) is 17.7 Å². The van der Waals surface area contributed by atoms with Crippen LogP contribution in [0.4, 0.5) is 0 Å². The SMILES string of the molecule is CCCCCSc1nnc2n(C)c(=O)c3c4c(sc3n12)CC(C(C)(C)C)CC4. The van der Waals surface area contributed by atoms with Crippen molar-refractivity contribution in [3.05, 3.63) is 20.8 Å². The lowest BCUT2D eigenvalue weighted by Gasteiger charge is -2.33. The van der Waals surface area contributed by atoms with Crippen molar-refractivity contribution < 1.29 is 0 Å². The molecule has 0 fully saturated rings. The van der Waals surface area contributed by atoms with Crippen LogP contribution in [0.3, 0.4) is 0 Å². The number of thiophene rings is 1. The minimum Gasteiger partial charge on any atom is -0.279 e. The molecule has 7 heteroatoms. The number of rotatable bonds is 5. The molecule has 4 rings (SSSR count). The molecule has 0 amide bonds. The molecule has 5 nitrogen and oxygen atoms in total. The minimum absolute atomic E-state index is 0.0733. The molecule has 0 radical (unpaired) electrons. The fourth-order valence-electron chi connectivity index (χ4n) is 4.21. The summed E-state index contributed by atoms with van der Waals surface area (Å²) < 4.78 is 3.80. The van der Waals surface area contributed by atoms with Gasteiger partial charge in [-0.25, -0.2) is 4.40 Å². The van der Waals surface area contributed by atoms with Crippen molar-refractivity contribution in [3.63, 3.8) is 0 Å². The first-order valence-corrected chi connectivity index (χ1v) is 12.1. The van der Waals surface area contributed by atoms with Crippen molar-refractivity contribution in [1.82, 2.24) is 19.2 Å². The van der Waals surface area contributed by atoms with E-state index in [4.69, 9.17) is 0 Å². The normalized spacial score (nSPS) is 17.5. The second-order valence-electron chi connectivity index (χ2n) is 9.03. The molecule has 0 spiro atoms. The van der Waals surface area contributed by atoms with Gasteiger partial charge in [0.2, 0.25) is 5.78 Å². The first-order valence-electron chi connectivity index (χ1n) is 10.3. The van der Waals surface area contributed by atoms with Gasteiger partial charge >= 0.3 is 0 Å². The molecule has 28 heavy (non-hydrogen) atoms. The molecular weight excluding hydrogens is 388 g/mol. The first kappa shape index (κ1) is 20.0. The lowest BCUT2D eigenvalue weighted by Crippen LogP contribution is -2.27. The second kappa shape index (κ2) is 7.48. The summed E-state index contributed by atoms with van der Waals surface area (Å²) in [4.78, 5) is 15.6. The molecule has 152 valence electrons. The predicted octanol–water partition coefficient (Wildman–Crippen LogP) is 5.08. The molecule has 0 N–H and O–H groups in total. The number of hydrogen-bond acceptors (Lipinski definition) is 5. The van der Waals surface area contributed by atoms with Crippen molar-refractivity contribution in [1.29, 1.82) is 0 Å². The van der Waals surface area contributed by atoms with Gasteiger partial charge in [0.15, 0.2) is 5.16 Å². The van der Waals surface area contributed by atoms with Gasteiger partial charge in [-0.1, -0.05) is 52.3 Å². The number of hydrogen-bond donors (Lipinski definition) is 0. The highest BCUT2D eigenvalue weighted by molar-refractivity contribution is 7.99. The average Bonchev–Trinajstić information content (AvgIpc) is 3.23. The second-order valence-corrected chi connectivity index (χ2v) is 11.2. The van der Waals surface area contributed by atoms with Crippen LogP contribution >= 0.6 is 23.1 Å². The summed E-state index contributed by atoms with van der Waals surface area (Å²) in [6.07, 6.45) is 6.86. The van der Waals surface area contributed by atoms with Crippen LogP contribution in [-0.2, 0) is 19.9 Å². The van der Waals surface area contributed by atoms with Crippen LogP contribution in [0, 0.1) is 11.3 Å². The summed E-state index contributed by atoms with van der Waals surface area (Å²) in [6, 6.07) is 0. The third-order valence-corrected chi connectivity index (χ3v) is 8.34. The zero-order valence-corrected chi connectivity index (χ0v) is 19.2. The fraction of sp³-hybridized carbons (Fsp3) is 0.667. The summed E-state index contributed by atoms with van der Waals surface area (Å²) in [6.45, 7) is 9.21. The third-order valence-electron chi connectivity index (χ3n) is 6.09. The zero-order chi connectivity index (χ0) is 20.1. The van der Waals surface area contributed by atoms with Gasteiger partial charge in [0.25, 0.3) is 5.56 Å². The standard InChI is InChI=1S/C21H30N4OS2/c1-6-7-8-11-27-20-23-22-19-24(5)17(26)16-14-10-9-13(21(2,3)4)12-15(14)28-18(16)25(19)20/h13H,6-12H2,1-5H3. The summed E-state index contributed by atoms with van der Waals surface area (Å²) in [5, 5.41) is 10.6. The largest absolute Gasteiger partial charge is 0.279 e. The Kier molecular flexibility index (Phi) is 5.33. The number of aryl methyl sites for hydroxylation is 2. The van der Waals surface area contributed by atoms with Gasteiger partial charge in [-0.15, -0.1) is 21.5 Å². The molecule has 0 bridgehead atoms. The lowest BCUT2D eigenvalue weighted by atomic mass is 9.72. The van der Waals surface area contributed by atoms with E-state index in [-0.39, 0.29) is 5.56 Å². The van der Waals surface area contributed by atoms with Gasteiger partial charge in [0.05, 0.1) is 5.39 Å². The van der Waals surface area contributed by atoms with Gasteiger partial charge in [-0.2, -0.15) is 0 Å². The number of aromatic nitrogens is 4. The van der Waals surface area contributed by atoms with E-state index < -0.39 is 0 Å². The lowest BCUT2D eigenvalue weighted by molar-refractivity contribution is 0.218. The van der Waals surface area contributed by atoms with Crippen molar-refractivity contribution >= 4 is 39.1 Å². The Bertz CT molecular complexity index is 1070. The van der Waals surface area contributed by atoms with Crippen molar-refractivity contribution in [2.75, 3.05) is 5.75 Å². The number of fused-ring (bicyclic) bond motifs is 5. The molecular formula is C21H30N4OS2. The van der Waals surface area contributed by atoms with E-state index >= 15 is 0 Å². The van der Waals surface area contributed by atoms with Gasteiger partial charge in [-0.3, -0.25) is 9.36 Å². The Morgan fingerprint density at radius 2 is 2.04 bits per heavy atom. The molecule has 3 aromatic heterocycles. The smallest absolute Gasteiger partial charge is 0.263 e.